The van der Waals surface area contributed by atoms with Crippen LogP contribution in [0.15, 0.2) is 0 Å². The number of carbonyl (C=O) groups is 1. The number of likely N-dealkylation sites (tertiary alicyclic amines) is 1. The number of hydrogen-bond acceptors (Lipinski definition) is 4. The summed E-state index contributed by atoms with van der Waals surface area (Å²) in [5.74, 6) is 0.439. The molecule has 1 heterocycles. The lowest BCUT2D eigenvalue weighted by atomic mass is 9.90. The Morgan fingerprint density at radius 3 is 2.55 bits per heavy atom. The molecule has 0 amide bonds. The second-order valence-corrected chi connectivity index (χ2v) is 6.97. The van der Waals surface area contributed by atoms with Gasteiger partial charge in [0.1, 0.15) is 5.54 Å². The smallest absolute Gasteiger partial charge is 0.327 e. The van der Waals surface area contributed by atoms with Gasteiger partial charge >= 0.3 is 5.97 Å². The minimum atomic E-state index is -0.443. The zero-order valence-corrected chi connectivity index (χ0v) is 12.9. The fraction of sp³-hybridized carbons (Fsp3) is 0.938. The highest BCUT2D eigenvalue weighted by molar-refractivity contribution is 5.82. The van der Waals surface area contributed by atoms with E-state index in [2.05, 4.69) is 17.1 Å². The molecule has 1 aliphatic heterocycles. The first-order chi connectivity index (χ1) is 9.65. The SMILES string of the molecule is COC(=O)C(CN1CCCCC1C)(NC1CC1)C1CC1. The van der Waals surface area contributed by atoms with E-state index in [1.54, 1.807) is 0 Å². The summed E-state index contributed by atoms with van der Waals surface area (Å²) in [5, 5.41) is 3.67. The minimum absolute atomic E-state index is 0.0373. The van der Waals surface area contributed by atoms with E-state index in [4.69, 9.17) is 4.74 Å². The zero-order valence-electron chi connectivity index (χ0n) is 12.9. The number of rotatable bonds is 6. The maximum atomic E-state index is 12.5. The van der Waals surface area contributed by atoms with Gasteiger partial charge in [0.05, 0.1) is 7.11 Å². The summed E-state index contributed by atoms with van der Waals surface area (Å²) in [5.41, 5.74) is -0.443. The Balaban J connectivity index is 1.77. The number of ether oxygens (including phenoxy) is 1. The molecule has 0 spiro atoms. The molecule has 0 aromatic carbocycles. The Hall–Kier alpha value is -0.610. The lowest BCUT2D eigenvalue weighted by Gasteiger charge is -2.41. The van der Waals surface area contributed by atoms with Crippen molar-refractivity contribution in [3.63, 3.8) is 0 Å². The molecule has 2 aliphatic carbocycles. The third-order valence-electron chi connectivity index (χ3n) is 5.26. The van der Waals surface area contributed by atoms with E-state index >= 15 is 0 Å². The third-order valence-corrected chi connectivity index (χ3v) is 5.26. The van der Waals surface area contributed by atoms with E-state index in [1.165, 1.54) is 39.2 Å². The van der Waals surface area contributed by atoms with Gasteiger partial charge in [0.2, 0.25) is 0 Å². The van der Waals surface area contributed by atoms with Crippen LogP contribution in [0.5, 0.6) is 0 Å². The Labute approximate surface area is 122 Å². The Kier molecular flexibility index (Phi) is 4.04. The van der Waals surface area contributed by atoms with Gasteiger partial charge in [0.25, 0.3) is 0 Å². The van der Waals surface area contributed by atoms with Crippen molar-refractivity contribution >= 4 is 5.97 Å². The second-order valence-electron chi connectivity index (χ2n) is 6.97. The van der Waals surface area contributed by atoms with Crippen LogP contribution in [0.2, 0.25) is 0 Å². The summed E-state index contributed by atoms with van der Waals surface area (Å²) in [6.45, 7) is 4.26. The van der Waals surface area contributed by atoms with Crippen molar-refractivity contribution in [1.82, 2.24) is 10.2 Å². The van der Waals surface area contributed by atoms with Crippen molar-refractivity contribution in [2.75, 3.05) is 20.2 Å². The van der Waals surface area contributed by atoms with Crippen LogP contribution in [0, 0.1) is 5.92 Å². The van der Waals surface area contributed by atoms with Gasteiger partial charge in [-0.05, 0) is 57.9 Å². The Morgan fingerprint density at radius 1 is 1.25 bits per heavy atom. The average Bonchev–Trinajstić information content (AvgIpc) is 3.31. The summed E-state index contributed by atoms with van der Waals surface area (Å²) in [6, 6.07) is 1.13. The molecule has 0 aromatic heterocycles. The Bertz CT molecular complexity index is 365. The first-order valence-corrected chi connectivity index (χ1v) is 8.26. The van der Waals surface area contributed by atoms with Gasteiger partial charge in [0, 0.05) is 18.6 Å². The van der Waals surface area contributed by atoms with Crippen LogP contribution in [0.4, 0.5) is 0 Å². The van der Waals surface area contributed by atoms with Gasteiger partial charge in [0.15, 0.2) is 0 Å². The van der Waals surface area contributed by atoms with Gasteiger partial charge in [-0.3, -0.25) is 10.2 Å². The molecule has 0 aromatic rings. The second kappa shape index (κ2) is 5.64. The van der Waals surface area contributed by atoms with Crippen molar-refractivity contribution in [3.8, 4) is 0 Å². The van der Waals surface area contributed by atoms with Crippen molar-refractivity contribution < 1.29 is 9.53 Å². The van der Waals surface area contributed by atoms with Gasteiger partial charge in [-0.2, -0.15) is 0 Å². The van der Waals surface area contributed by atoms with Crippen molar-refractivity contribution in [3.05, 3.63) is 0 Å². The number of nitrogens with one attached hydrogen (secondary N) is 1. The van der Waals surface area contributed by atoms with Crippen molar-refractivity contribution in [2.45, 2.75) is 69.5 Å². The number of piperidine rings is 1. The fourth-order valence-electron chi connectivity index (χ4n) is 3.65. The molecule has 2 saturated carbocycles. The number of methoxy groups -OCH3 is 1. The van der Waals surface area contributed by atoms with Crippen LogP contribution >= 0.6 is 0 Å². The number of nitrogens with zero attached hydrogens (tertiary/aromatic N) is 1. The van der Waals surface area contributed by atoms with Gasteiger partial charge < -0.3 is 4.74 Å². The van der Waals surface area contributed by atoms with E-state index in [1.807, 2.05) is 0 Å². The standard InChI is InChI=1S/C16H28N2O2/c1-12-5-3-4-10-18(12)11-16(13-6-7-13,15(19)20-2)17-14-8-9-14/h12-14,17H,3-11H2,1-2H3. The molecule has 4 nitrogen and oxygen atoms in total. The summed E-state index contributed by atoms with van der Waals surface area (Å²) in [4.78, 5) is 15.1. The van der Waals surface area contributed by atoms with Crippen LogP contribution in [0.3, 0.4) is 0 Å². The molecule has 4 heteroatoms. The highest BCUT2D eigenvalue weighted by Crippen LogP contribution is 2.43. The lowest BCUT2D eigenvalue weighted by molar-refractivity contribution is -0.151. The molecule has 3 fully saturated rings. The molecule has 114 valence electrons. The van der Waals surface area contributed by atoms with E-state index in [9.17, 15) is 4.79 Å². The summed E-state index contributed by atoms with van der Waals surface area (Å²) in [6.07, 6.45) is 8.58. The van der Waals surface area contributed by atoms with E-state index in [0.717, 1.165) is 25.9 Å². The predicted octanol–water partition coefficient (Wildman–Crippen LogP) is 1.93. The quantitative estimate of drug-likeness (QED) is 0.755. The average molecular weight is 280 g/mol. The van der Waals surface area contributed by atoms with E-state index in [-0.39, 0.29) is 5.97 Å². The Morgan fingerprint density at radius 2 is 2.00 bits per heavy atom. The first kappa shape index (κ1) is 14.3. The lowest BCUT2D eigenvalue weighted by Crippen LogP contribution is -2.63. The molecule has 1 N–H and O–H groups in total. The van der Waals surface area contributed by atoms with Crippen LogP contribution in [0.25, 0.3) is 0 Å². The maximum absolute atomic E-state index is 12.5. The largest absolute Gasteiger partial charge is 0.468 e. The molecule has 2 unspecified atom stereocenters. The van der Waals surface area contributed by atoms with Gasteiger partial charge in [-0.1, -0.05) is 6.42 Å². The summed E-state index contributed by atoms with van der Waals surface area (Å²) < 4.78 is 5.19. The predicted molar refractivity (Wildman–Crippen MR) is 78.5 cm³/mol. The molecule has 3 aliphatic rings. The summed E-state index contributed by atoms with van der Waals surface area (Å²) >= 11 is 0. The van der Waals surface area contributed by atoms with Crippen molar-refractivity contribution in [2.24, 2.45) is 5.92 Å². The first-order valence-electron chi connectivity index (χ1n) is 8.26. The summed E-state index contributed by atoms with van der Waals surface area (Å²) in [7, 11) is 1.54. The van der Waals surface area contributed by atoms with Crippen LogP contribution in [-0.2, 0) is 9.53 Å². The highest BCUT2D eigenvalue weighted by atomic mass is 16.5. The molecule has 3 rings (SSSR count). The van der Waals surface area contributed by atoms with Crippen molar-refractivity contribution in [1.29, 1.82) is 0 Å². The number of hydrogen-bond donors (Lipinski definition) is 1. The topological polar surface area (TPSA) is 41.6 Å². The molecular weight excluding hydrogens is 252 g/mol. The maximum Gasteiger partial charge on any atom is 0.327 e. The van der Waals surface area contributed by atoms with Crippen LogP contribution in [0.1, 0.15) is 51.9 Å². The van der Waals surface area contributed by atoms with Crippen LogP contribution < -0.4 is 5.32 Å². The van der Waals surface area contributed by atoms with E-state index in [0.29, 0.717) is 18.0 Å². The zero-order chi connectivity index (χ0) is 14.2. The molecule has 0 bridgehead atoms. The number of carbonyl (C=O) groups excluding carboxylic acids is 1. The fourth-order valence-corrected chi connectivity index (χ4v) is 3.65. The van der Waals surface area contributed by atoms with Crippen LogP contribution in [-0.4, -0.2) is 48.7 Å². The molecular formula is C16H28N2O2. The monoisotopic (exact) mass is 280 g/mol. The molecule has 20 heavy (non-hydrogen) atoms. The number of esters is 1. The van der Waals surface area contributed by atoms with E-state index < -0.39 is 5.54 Å². The third kappa shape index (κ3) is 2.86. The van der Waals surface area contributed by atoms with Gasteiger partial charge in [-0.15, -0.1) is 0 Å². The highest BCUT2D eigenvalue weighted by Gasteiger charge is 2.54. The molecule has 1 saturated heterocycles. The minimum Gasteiger partial charge on any atom is -0.468 e. The normalized spacial score (nSPS) is 30.8. The molecule has 0 radical (unpaired) electrons. The van der Waals surface area contributed by atoms with Gasteiger partial charge in [-0.25, -0.2) is 4.79 Å². The molecule has 2 atom stereocenters.